The second kappa shape index (κ2) is 7.97. The summed E-state index contributed by atoms with van der Waals surface area (Å²) in [5, 5.41) is 10.2. The third-order valence-electron chi connectivity index (χ3n) is 5.30. The van der Waals surface area contributed by atoms with Crippen molar-refractivity contribution in [2.75, 3.05) is 11.5 Å². The second-order valence-electron chi connectivity index (χ2n) is 7.17. The standard InChI is InChI=1S/C24H17N3O4S/c1-2-31-23(30)19(15-8-4-3-5-9-15)20-25-26-24(32-20)27-21(28)16-12-6-10-14-11-7-13-17(18(14)16)22(27)29/h3-13,19H,2H2,1H3. The quantitative estimate of drug-likeness (QED) is 0.339. The number of esters is 1. The highest BCUT2D eigenvalue weighted by Gasteiger charge is 2.37. The van der Waals surface area contributed by atoms with E-state index in [-0.39, 0.29) is 11.7 Å². The molecule has 4 aromatic rings. The molecule has 0 saturated heterocycles. The molecule has 0 fully saturated rings. The molecule has 1 atom stereocenters. The Bertz CT molecular complexity index is 1320. The maximum absolute atomic E-state index is 13.3. The van der Waals surface area contributed by atoms with E-state index in [1.165, 1.54) is 0 Å². The highest BCUT2D eigenvalue weighted by molar-refractivity contribution is 7.16. The van der Waals surface area contributed by atoms with Gasteiger partial charge in [-0.15, -0.1) is 10.2 Å². The fourth-order valence-electron chi connectivity index (χ4n) is 3.89. The molecule has 3 aromatic carbocycles. The first kappa shape index (κ1) is 20.0. The van der Waals surface area contributed by atoms with E-state index in [2.05, 4.69) is 10.2 Å². The van der Waals surface area contributed by atoms with Crippen LogP contribution in [0.1, 0.15) is 44.1 Å². The molecule has 1 unspecified atom stereocenters. The molecule has 2 heterocycles. The van der Waals surface area contributed by atoms with Crippen molar-refractivity contribution in [3.63, 3.8) is 0 Å². The minimum atomic E-state index is -0.798. The Morgan fingerprint density at radius 1 is 0.938 bits per heavy atom. The van der Waals surface area contributed by atoms with Crippen molar-refractivity contribution in [3.8, 4) is 0 Å². The summed E-state index contributed by atoms with van der Waals surface area (Å²) < 4.78 is 5.25. The predicted molar refractivity (Wildman–Crippen MR) is 120 cm³/mol. The number of hydrogen-bond donors (Lipinski definition) is 0. The van der Waals surface area contributed by atoms with Crippen molar-refractivity contribution in [2.45, 2.75) is 12.8 Å². The lowest BCUT2D eigenvalue weighted by Crippen LogP contribution is -2.40. The molecule has 0 spiro atoms. The van der Waals surface area contributed by atoms with Crippen molar-refractivity contribution >= 4 is 45.0 Å². The molecule has 8 heteroatoms. The number of rotatable bonds is 5. The average Bonchev–Trinajstić information content (AvgIpc) is 3.27. The van der Waals surface area contributed by atoms with Crippen LogP contribution in [0.5, 0.6) is 0 Å². The third kappa shape index (κ3) is 3.16. The number of carbonyl (C=O) groups is 3. The van der Waals surface area contributed by atoms with E-state index in [1.54, 1.807) is 43.3 Å². The summed E-state index contributed by atoms with van der Waals surface area (Å²) in [7, 11) is 0. The van der Waals surface area contributed by atoms with Gasteiger partial charge in [0.05, 0.1) is 6.61 Å². The number of imide groups is 1. The molecule has 1 aliphatic heterocycles. The summed E-state index contributed by atoms with van der Waals surface area (Å²) in [5.74, 6) is -2.19. The van der Waals surface area contributed by atoms with Crippen LogP contribution in [0.15, 0.2) is 66.7 Å². The Hall–Kier alpha value is -3.91. The maximum Gasteiger partial charge on any atom is 0.320 e. The molecule has 2 amide bonds. The highest BCUT2D eigenvalue weighted by Crippen LogP contribution is 2.36. The van der Waals surface area contributed by atoms with E-state index in [9.17, 15) is 14.4 Å². The summed E-state index contributed by atoms with van der Waals surface area (Å²) in [6.45, 7) is 1.95. The molecule has 0 saturated carbocycles. The summed E-state index contributed by atoms with van der Waals surface area (Å²) in [6, 6.07) is 19.8. The SMILES string of the molecule is CCOC(=O)C(c1ccccc1)c1nnc(N2C(=O)c3cccc4cccc(c34)C2=O)s1. The lowest BCUT2D eigenvalue weighted by atomic mass is 9.94. The van der Waals surface area contributed by atoms with Crippen molar-refractivity contribution < 1.29 is 19.1 Å². The number of nitrogens with zero attached hydrogens (tertiary/aromatic N) is 3. The fraction of sp³-hybridized carbons (Fsp3) is 0.125. The molecule has 32 heavy (non-hydrogen) atoms. The largest absolute Gasteiger partial charge is 0.465 e. The monoisotopic (exact) mass is 443 g/mol. The van der Waals surface area contributed by atoms with Gasteiger partial charge in [0.1, 0.15) is 10.9 Å². The van der Waals surface area contributed by atoms with Gasteiger partial charge in [-0.2, -0.15) is 0 Å². The molecular weight excluding hydrogens is 426 g/mol. The summed E-state index contributed by atoms with van der Waals surface area (Å²) in [6.07, 6.45) is 0. The first-order valence-corrected chi connectivity index (χ1v) is 10.9. The highest BCUT2D eigenvalue weighted by atomic mass is 32.1. The summed E-state index contributed by atoms with van der Waals surface area (Å²) in [5.41, 5.74) is 1.55. The Balaban J connectivity index is 1.58. The van der Waals surface area contributed by atoms with Crippen LogP contribution in [0.3, 0.4) is 0 Å². The Labute approximate surface area is 187 Å². The topological polar surface area (TPSA) is 89.5 Å². The zero-order valence-electron chi connectivity index (χ0n) is 17.0. The number of benzene rings is 3. The van der Waals surface area contributed by atoms with Gasteiger partial charge in [0.25, 0.3) is 11.8 Å². The van der Waals surface area contributed by atoms with E-state index in [0.717, 1.165) is 21.6 Å². The summed E-state index contributed by atoms with van der Waals surface area (Å²) in [4.78, 5) is 40.3. The first-order chi connectivity index (χ1) is 15.6. The minimum absolute atomic E-state index is 0.117. The Kier molecular flexibility index (Phi) is 4.99. The molecule has 1 aromatic heterocycles. The maximum atomic E-state index is 13.3. The normalized spacial score (nSPS) is 14.0. The van der Waals surface area contributed by atoms with Crippen LogP contribution < -0.4 is 4.90 Å². The lowest BCUT2D eigenvalue weighted by molar-refractivity contribution is -0.143. The van der Waals surface area contributed by atoms with Crippen molar-refractivity contribution in [1.29, 1.82) is 0 Å². The second-order valence-corrected chi connectivity index (χ2v) is 8.16. The van der Waals surface area contributed by atoms with E-state index in [1.807, 2.05) is 30.3 Å². The molecule has 5 rings (SSSR count). The van der Waals surface area contributed by atoms with Crippen LogP contribution in [0.4, 0.5) is 5.13 Å². The molecule has 0 aliphatic carbocycles. The minimum Gasteiger partial charge on any atom is -0.465 e. The zero-order chi connectivity index (χ0) is 22.2. The smallest absolute Gasteiger partial charge is 0.320 e. The molecule has 158 valence electrons. The Morgan fingerprint density at radius 2 is 1.59 bits per heavy atom. The van der Waals surface area contributed by atoms with Gasteiger partial charge in [0, 0.05) is 16.5 Å². The van der Waals surface area contributed by atoms with Gasteiger partial charge in [-0.25, -0.2) is 4.90 Å². The number of aromatic nitrogens is 2. The van der Waals surface area contributed by atoms with Crippen LogP contribution in [0.25, 0.3) is 10.8 Å². The number of anilines is 1. The lowest BCUT2D eigenvalue weighted by Gasteiger charge is -2.24. The van der Waals surface area contributed by atoms with Gasteiger partial charge < -0.3 is 4.74 Å². The number of ether oxygens (including phenoxy) is 1. The van der Waals surface area contributed by atoms with Crippen LogP contribution >= 0.6 is 11.3 Å². The van der Waals surface area contributed by atoms with Gasteiger partial charge >= 0.3 is 5.97 Å². The number of amides is 2. The van der Waals surface area contributed by atoms with Gasteiger partial charge in [-0.3, -0.25) is 14.4 Å². The van der Waals surface area contributed by atoms with Gasteiger partial charge in [0.2, 0.25) is 5.13 Å². The average molecular weight is 443 g/mol. The Morgan fingerprint density at radius 3 is 2.22 bits per heavy atom. The molecular formula is C24H17N3O4S. The predicted octanol–water partition coefficient (Wildman–Crippen LogP) is 4.19. The van der Waals surface area contributed by atoms with Crippen LogP contribution in [-0.2, 0) is 9.53 Å². The van der Waals surface area contributed by atoms with Crippen molar-refractivity contribution in [2.24, 2.45) is 0 Å². The fourth-order valence-corrected chi connectivity index (χ4v) is 4.85. The zero-order valence-corrected chi connectivity index (χ0v) is 17.8. The van der Waals surface area contributed by atoms with Gasteiger partial charge in [-0.05, 0) is 30.0 Å². The van der Waals surface area contributed by atoms with Crippen LogP contribution in [-0.4, -0.2) is 34.6 Å². The first-order valence-electron chi connectivity index (χ1n) is 10.1. The van der Waals surface area contributed by atoms with E-state index in [0.29, 0.717) is 27.1 Å². The third-order valence-corrected chi connectivity index (χ3v) is 6.27. The van der Waals surface area contributed by atoms with Crippen LogP contribution in [0.2, 0.25) is 0 Å². The molecule has 0 N–H and O–H groups in total. The van der Waals surface area contributed by atoms with Crippen LogP contribution in [0, 0.1) is 0 Å². The van der Waals surface area contributed by atoms with E-state index in [4.69, 9.17) is 4.74 Å². The number of carbonyl (C=O) groups excluding carboxylic acids is 3. The van der Waals surface area contributed by atoms with E-state index >= 15 is 0 Å². The van der Waals surface area contributed by atoms with Gasteiger partial charge in [-0.1, -0.05) is 65.9 Å². The number of hydrogen-bond acceptors (Lipinski definition) is 7. The van der Waals surface area contributed by atoms with Gasteiger partial charge in [0.15, 0.2) is 0 Å². The molecule has 1 aliphatic rings. The molecule has 0 bridgehead atoms. The summed E-state index contributed by atoms with van der Waals surface area (Å²) >= 11 is 1.03. The van der Waals surface area contributed by atoms with Crippen molar-refractivity contribution in [3.05, 3.63) is 88.4 Å². The van der Waals surface area contributed by atoms with E-state index < -0.39 is 23.7 Å². The van der Waals surface area contributed by atoms with Crippen molar-refractivity contribution in [1.82, 2.24) is 10.2 Å². The molecule has 0 radical (unpaired) electrons. The molecule has 7 nitrogen and oxygen atoms in total.